The van der Waals surface area contributed by atoms with Crippen molar-refractivity contribution in [1.82, 2.24) is 14.9 Å². The molecule has 0 aliphatic heterocycles. The van der Waals surface area contributed by atoms with Crippen LogP contribution in [-0.2, 0) is 6.42 Å². The maximum Gasteiger partial charge on any atom is 0.252 e. The smallest absolute Gasteiger partial charge is 0.252 e. The average molecular weight is 252 g/mol. The van der Waals surface area contributed by atoms with Crippen LogP contribution in [-0.4, -0.2) is 40.5 Å². The minimum atomic E-state index is -0.0978. The highest BCUT2D eigenvalue weighted by molar-refractivity contribution is 5.34. The zero-order chi connectivity index (χ0) is 13.5. The lowest BCUT2D eigenvalue weighted by Crippen LogP contribution is -2.35. The molecular weight excluding hydrogens is 228 g/mol. The van der Waals surface area contributed by atoms with Crippen molar-refractivity contribution >= 4 is 5.82 Å². The van der Waals surface area contributed by atoms with E-state index in [1.165, 1.54) is 6.07 Å². The summed E-state index contributed by atoms with van der Waals surface area (Å²) in [5.74, 6) is 1.38. The van der Waals surface area contributed by atoms with Crippen LogP contribution in [0.1, 0.15) is 33.5 Å². The summed E-state index contributed by atoms with van der Waals surface area (Å²) in [7, 11) is 0. The number of aromatic nitrogens is 2. The minimum Gasteiger partial charge on any atom is -0.366 e. The van der Waals surface area contributed by atoms with E-state index in [1.807, 2.05) is 6.92 Å². The third kappa shape index (κ3) is 4.49. The van der Waals surface area contributed by atoms with E-state index in [0.717, 1.165) is 31.9 Å². The van der Waals surface area contributed by atoms with Crippen molar-refractivity contribution in [3.63, 3.8) is 0 Å². The second-order valence-electron chi connectivity index (χ2n) is 4.46. The molecule has 2 N–H and O–H groups in total. The molecule has 0 saturated heterocycles. The Kier molecular flexibility index (Phi) is 5.85. The number of H-pyrrole nitrogens is 1. The lowest BCUT2D eigenvalue weighted by Gasteiger charge is -2.23. The highest BCUT2D eigenvalue weighted by atomic mass is 16.1. The van der Waals surface area contributed by atoms with Crippen molar-refractivity contribution in [3.05, 3.63) is 22.2 Å². The molecule has 1 aromatic rings. The monoisotopic (exact) mass is 252 g/mol. The second-order valence-corrected chi connectivity index (χ2v) is 4.46. The Bertz CT molecular complexity index is 412. The maximum atomic E-state index is 11.4. The van der Waals surface area contributed by atoms with E-state index >= 15 is 0 Å². The quantitative estimate of drug-likeness (QED) is 0.771. The lowest BCUT2D eigenvalue weighted by molar-refractivity contribution is 0.294. The summed E-state index contributed by atoms with van der Waals surface area (Å²) in [6.45, 7) is 11.4. The third-order valence-corrected chi connectivity index (χ3v) is 2.95. The molecule has 18 heavy (non-hydrogen) atoms. The van der Waals surface area contributed by atoms with Crippen molar-refractivity contribution in [2.45, 2.75) is 40.2 Å². The molecular formula is C13H24N4O. The number of hydrogen-bond donors (Lipinski definition) is 2. The fourth-order valence-electron chi connectivity index (χ4n) is 1.92. The predicted octanol–water partition coefficient (Wildman–Crippen LogP) is 1.47. The molecule has 1 heterocycles. The molecule has 5 nitrogen and oxygen atoms in total. The number of aryl methyl sites for hydroxylation is 1. The van der Waals surface area contributed by atoms with Crippen molar-refractivity contribution in [2.24, 2.45) is 0 Å². The normalized spacial score (nSPS) is 12.7. The van der Waals surface area contributed by atoms with Gasteiger partial charge in [-0.1, -0.05) is 20.8 Å². The summed E-state index contributed by atoms with van der Waals surface area (Å²) in [6, 6.07) is 1.78. The van der Waals surface area contributed by atoms with Crippen LogP contribution in [0.25, 0.3) is 0 Å². The number of likely N-dealkylation sites (N-methyl/N-ethyl adjacent to an activating group) is 1. The van der Waals surface area contributed by atoms with E-state index in [1.54, 1.807) is 0 Å². The molecule has 0 aliphatic carbocycles. The molecule has 0 bridgehead atoms. The lowest BCUT2D eigenvalue weighted by atomic mass is 10.3. The first kappa shape index (κ1) is 14.7. The van der Waals surface area contributed by atoms with Crippen LogP contribution in [0.2, 0.25) is 0 Å². The van der Waals surface area contributed by atoms with E-state index in [-0.39, 0.29) is 11.6 Å². The van der Waals surface area contributed by atoms with Gasteiger partial charge in [0.15, 0.2) is 0 Å². The van der Waals surface area contributed by atoms with E-state index in [9.17, 15) is 4.79 Å². The summed E-state index contributed by atoms with van der Waals surface area (Å²) in [5.41, 5.74) is -0.0978. The molecule has 1 rings (SSSR count). The first-order valence-electron chi connectivity index (χ1n) is 6.68. The number of nitrogens with zero attached hydrogens (tertiary/aromatic N) is 2. The van der Waals surface area contributed by atoms with E-state index < -0.39 is 0 Å². The molecule has 0 aromatic carbocycles. The fourth-order valence-corrected chi connectivity index (χ4v) is 1.92. The van der Waals surface area contributed by atoms with Gasteiger partial charge in [-0.3, -0.25) is 4.79 Å². The molecule has 0 radical (unpaired) electrons. The van der Waals surface area contributed by atoms with Crippen LogP contribution >= 0.6 is 0 Å². The van der Waals surface area contributed by atoms with Gasteiger partial charge in [0.1, 0.15) is 11.6 Å². The number of rotatable bonds is 7. The van der Waals surface area contributed by atoms with Gasteiger partial charge in [0.05, 0.1) is 0 Å². The fraction of sp³-hybridized carbons (Fsp3) is 0.692. The molecule has 102 valence electrons. The first-order chi connectivity index (χ1) is 8.58. The largest absolute Gasteiger partial charge is 0.366 e. The van der Waals surface area contributed by atoms with Crippen LogP contribution in [0.3, 0.4) is 0 Å². The molecule has 1 atom stereocenters. The summed E-state index contributed by atoms with van der Waals surface area (Å²) in [6.07, 6.45) is 0.731. The molecule has 0 saturated carbocycles. The van der Waals surface area contributed by atoms with E-state index in [0.29, 0.717) is 5.82 Å². The van der Waals surface area contributed by atoms with Crippen molar-refractivity contribution < 1.29 is 0 Å². The van der Waals surface area contributed by atoms with Gasteiger partial charge >= 0.3 is 0 Å². The Hall–Kier alpha value is -1.36. The first-order valence-corrected chi connectivity index (χ1v) is 6.68. The van der Waals surface area contributed by atoms with Crippen LogP contribution in [0.4, 0.5) is 5.82 Å². The SMILES string of the molecule is CCc1nc(NC(C)CN(CC)CC)cc(=O)[nH]1. The number of nitrogens with one attached hydrogen (secondary N) is 2. The zero-order valence-electron chi connectivity index (χ0n) is 11.8. The number of hydrogen-bond acceptors (Lipinski definition) is 4. The van der Waals surface area contributed by atoms with E-state index in [4.69, 9.17) is 0 Å². The molecule has 0 fully saturated rings. The highest BCUT2D eigenvalue weighted by Gasteiger charge is 2.08. The second kappa shape index (κ2) is 7.16. The summed E-state index contributed by atoms with van der Waals surface area (Å²) in [5, 5.41) is 3.28. The highest BCUT2D eigenvalue weighted by Crippen LogP contribution is 2.03. The van der Waals surface area contributed by atoms with Gasteiger partial charge < -0.3 is 15.2 Å². The van der Waals surface area contributed by atoms with Gasteiger partial charge in [0.25, 0.3) is 5.56 Å². The maximum absolute atomic E-state index is 11.4. The Morgan fingerprint density at radius 1 is 1.39 bits per heavy atom. The van der Waals surface area contributed by atoms with Gasteiger partial charge in [-0.2, -0.15) is 0 Å². The van der Waals surface area contributed by atoms with Crippen LogP contribution < -0.4 is 10.9 Å². The summed E-state index contributed by atoms with van der Waals surface area (Å²) in [4.78, 5) is 20.9. The topological polar surface area (TPSA) is 61.0 Å². The Morgan fingerprint density at radius 3 is 2.61 bits per heavy atom. The van der Waals surface area contributed by atoms with Gasteiger partial charge in [-0.05, 0) is 20.0 Å². The van der Waals surface area contributed by atoms with Crippen LogP contribution in [0.5, 0.6) is 0 Å². The van der Waals surface area contributed by atoms with Gasteiger partial charge in [0.2, 0.25) is 0 Å². The Morgan fingerprint density at radius 2 is 2.06 bits per heavy atom. The number of aromatic amines is 1. The standard InChI is InChI=1S/C13H24N4O/c1-5-11-15-12(8-13(18)16-11)14-10(4)9-17(6-2)7-3/h8,10H,5-7,9H2,1-4H3,(H2,14,15,16,18). The molecule has 1 unspecified atom stereocenters. The van der Waals surface area contributed by atoms with Crippen LogP contribution in [0.15, 0.2) is 10.9 Å². The van der Waals surface area contributed by atoms with Crippen molar-refractivity contribution in [2.75, 3.05) is 25.0 Å². The molecule has 0 aliphatic rings. The Balaban J connectivity index is 2.66. The van der Waals surface area contributed by atoms with Gasteiger partial charge in [-0.25, -0.2) is 4.98 Å². The molecule has 1 aromatic heterocycles. The predicted molar refractivity (Wildman–Crippen MR) is 75.1 cm³/mol. The van der Waals surface area contributed by atoms with Crippen LogP contribution in [0, 0.1) is 0 Å². The third-order valence-electron chi connectivity index (χ3n) is 2.95. The van der Waals surface area contributed by atoms with Gasteiger partial charge in [-0.15, -0.1) is 0 Å². The number of anilines is 1. The molecule has 5 heteroatoms. The average Bonchev–Trinajstić information content (AvgIpc) is 2.35. The summed E-state index contributed by atoms with van der Waals surface area (Å²) >= 11 is 0. The minimum absolute atomic E-state index is 0.0978. The zero-order valence-corrected chi connectivity index (χ0v) is 11.8. The Labute approximate surface area is 109 Å². The summed E-state index contributed by atoms with van der Waals surface area (Å²) < 4.78 is 0. The van der Waals surface area contributed by atoms with Crippen molar-refractivity contribution in [1.29, 1.82) is 0 Å². The molecule has 0 spiro atoms. The molecule has 0 amide bonds. The van der Waals surface area contributed by atoms with Gasteiger partial charge in [0, 0.05) is 25.1 Å². The van der Waals surface area contributed by atoms with E-state index in [2.05, 4.69) is 41.0 Å². The van der Waals surface area contributed by atoms with Crippen molar-refractivity contribution in [3.8, 4) is 0 Å².